The van der Waals surface area contributed by atoms with Gasteiger partial charge in [0.05, 0.1) is 12.0 Å². The molecule has 0 fully saturated rings. The van der Waals surface area contributed by atoms with Crippen LogP contribution in [0.4, 0.5) is 0 Å². The van der Waals surface area contributed by atoms with Crippen molar-refractivity contribution in [2.45, 2.75) is 0 Å². The van der Waals surface area contributed by atoms with Gasteiger partial charge in [0.15, 0.2) is 0 Å². The SMILES string of the molecule is C1=CC2=C3NC=NC=C3C2=C1. The second kappa shape index (κ2) is 1.53. The molecule has 0 aromatic heterocycles. The maximum atomic E-state index is 4.02. The van der Waals surface area contributed by atoms with Gasteiger partial charge in [-0.3, -0.25) is 0 Å². The first kappa shape index (κ1) is 5.13. The molecule has 0 radical (unpaired) electrons. The van der Waals surface area contributed by atoms with Crippen LogP contribution in [0.25, 0.3) is 0 Å². The molecule has 3 rings (SSSR count). The topological polar surface area (TPSA) is 24.4 Å². The predicted octanol–water partition coefficient (Wildman–Crippen LogP) is 1.27. The van der Waals surface area contributed by atoms with Crippen LogP contribution in [-0.4, -0.2) is 6.34 Å². The van der Waals surface area contributed by atoms with Crippen molar-refractivity contribution in [2.24, 2.45) is 4.99 Å². The molecule has 2 heteroatoms. The number of aliphatic imine (C=N–C) groups is 1. The van der Waals surface area contributed by atoms with E-state index >= 15 is 0 Å². The largest absolute Gasteiger partial charge is 0.345 e. The van der Waals surface area contributed by atoms with E-state index in [1.54, 1.807) is 6.34 Å². The summed E-state index contributed by atoms with van der Waals surface area (Å²) in [6.07, 6.45) is 9.92. The smallest absolute Gasteiger partial charge is 0.0923 e. The van der Waals surface area contributed by atoms with E-state index in [0.29, 0.717) is 0 Å². The summed E-state index contributed by atoms with van der Waals surface area (Å²) in [5.74, 6) is 0. The van der Waals surface area contributed by atoms with Crippen LogP contribution in [0.5, 0.6) is 0 Å². The Balaban J connectivity index is 2.27. The molecule has 1 heterocycles. The predicted molar refractivity (Wildman–Crippen MR) is 44.0 cm³/mol. The summed E-state index contributed by atoms with van der Waals surface area (Å²) in [6.45, 7) is 0. The zero-order chi connectivity index (χ0) is 7.26. The number of nitrogens with zero attached hydrogens (tertiary/aromatic N) is 1. The van der Waals surface area contributed by atoms with Crippen molar-refractivity contribution in [3.8, 4) is 0 Å². The van der Waals surface area contributed by atoms with Gasteiger partial charge >= 0.3 is 0 Å². The molecule has 0 saturated heterocycles. The first-order chi connectivity index (χ1) is 5.47. The Morgan fingerprint density at radius 3 is 3.27 bits per heavy atom. The molecule has 1 aliphatic heterocycles. The summed E-state index contributed by atoms with van der Waals surface area (Å²) in [5, 5.41) is 3.12. The molecule has 2 aliphatic carbocycles. The number of allylic oxidation sites excluding steroid dienone is 5. The minimum absolute atomic E-state index is 1.22. The minimum Gasteiger partial charge on any atom is -0.345 e. The van der Waals surface area contributed by atoms with Crippen LogP contribution in [0.2, 0.25) is 0 Å². The molecule has 0 bridgehead atoms. The van der Waals surface area contributed by atoms with E-state index in [-0.39, 0.29) is 0 Å². The van der Waals surface area contributed by atoms with Gasteiger partial charge in [0.2, 0.25) is 0 Å². The highest BCUT2D eigenvalue weighted by Gasteiger charge is 2.29. The Kier molecular flexibility index (Phi) is 0.714. The quantitative estimate of drug-likeness (QED) is 0.541. The molecule has 0 amide bonds. The fourth-order valence-corrected chi connectivity index (χ4v) is 1.59. The molecule has 11 heavy (non-hydrogen) atoms. The summed E-state index contributed by atoms with van der Waals surface area (Å²) < 4.78 is 0. The van der Waals surface area contributed by atoms with Gasteiger partial charge in [0.1, 0.15) is 0 Å². The summed E-state index contributed by atoms with van der Waals surface area (Å²) >= 11 is 0. The van der Waals surface area contributed by atoms with Crippen molar-refractivity contribution < 1.29 is 0 Å². The molecule has 1 N–H and O–H groups in total. The van der Waals surface area contributed by atoms with E-state index in [2.05, 4.69) is 28.5 Å². The number of hydrogen-bond acceptors (Lipinski definition) is 2. The maximum absolute atomic E-state index is 4.02. The molecule has 0 aromatic rings. The van der Waals surface area contributed by atoms with E-state index in [1.807, 2.05) is 6.20 Å². The number of hydrogen-bond donors (Lipinski definition) is 1. The van der Waals surface area contributed by atoms with E-state index < -0.39 is 0 Å². The van der Waals surface area contributed by atoms with Crippen LogP contribution in [0.3, 0.4) is 0 Å². The summed E-state index contributed by atoms with van der Waals surface area (Å²) in [5.41, 5.74) is 5.11. The van der Waals surface area contributed by atoms with Crippen LogP contribution in [-0.2, 0) is 0 Å². The zero-order valence-electron chi connectivity index (χ0n) is 5.83. The van der Waals surface area contributed by atoms with Crippen LogP contribution in [0, 0.1) is 0 Å². The average molecular weight is 142 g/mol. The van der Waals surface area contributed by atoms with Gasteiger partial charge in [-0.15, -0.1) is 0 Å². The second-order valence-electron chi connectivity index (χ2n) is 2.69. The highest BCUT2D eigenvalue weighted by molar-refractivity contribution is 5.81. The number of rotatable bonds is 0. The molecule has 3 aliphatic rings. The Morgan fingerprint density at radius 1 is 1.27 bits per heavy atom. The van der Waals surface area contributed by atoms with Crippen molar-refractivity contribution in [2.75, 3.05) is 0 Å². The van der Waals surface area contributed by atoms with E-state index in [9.17, 15) is 0 Å². The lowest BCUT2D eigenvalue weighted by Gasteiger charge is -2.27. The zero-order valence-corrected chi connectivity index (χ0v) is 5.83. The van der Waals surface area contributed by atoms with Crippen molar-refractivity contribution >= 4 is 6.34 Å². The first-order valence-corrected chi connectivity index (χ1v) is 3.59. The monoisotopic (exact) mass is 142 g/mol. The second-order valence-corrected chi connectivity index (χ2v) is 2.69. The van der Waals surface area contributed by atoms with Crippen LogP contribution < -0.4 is 5.32 Å². The maximum Gasteiger partial charge on any atom is 0.0923 e. The lowest BCUT2D eigenvalue weighted by Crippen LogP contribution is -2.25. The fraction of sp³-hybridized carbons (Fsp3) is 0. The van der Waals surface area contributed by atoms with Crippen molar-refractivity contribution in [3.05, 3.63) is 46.8 Å². The molecule has 0 atom stereocenters. The Morgan fingerprint density at radius 2 is 2.27 bits per heavy atom. The third kappa shape index (κ3) is 0.463. The van der Waals surface area contributed by atoms with Crippen LogP contribution in [0.15, 0.2) is 51.8 Å². The van der Waals surface area contributed by atoms with Gasteiger partial charge in [-0.25, -0.2) is 4.99 Å². The van der Waals surface area contributed by atoms with Gasteiger partial charge in [-0.05, 0) is 5.57 Å². The van der Waals surface area contributed by atoms with Crippen molar-refractivity contribution in [1.82, 2.24) is 5.32 Å². The summed E-state index contributed by atoms with van der Waals surface area (Å²) in [4.78, 5) is 4.02. The van der Waals surface area contributed by atoms with Gasteiger partial charge in [-0.1, -0.05) is 18.2 Å². The molecular weight excluding hydrogens is 136 g/mol. The average Bonchev–Trinajstić information content (AvgIpc) is 2.44. The number of fused-ring (bicyclic) bond motifs is 3. The Hall–Kier alpha value is -1.57. The van der Waals surface area contributed by atoms with E-state index in [0.717, 1.165) is 0 Å². The van der Waals surface area contributed by atoms with Gasteiger partial charge < -0.3 is 5.32 Å². The highest BCUT2D eigenvalue weighted by Crippen LogP contribution is 2.42. The molecule has 0 spiro atoms. The lowest BCUT2D eigenvalue weighted by atomic mass is 9.84. The van der Waals surface area contributed by atoms with Crippen molar-refractivity contribution in [3.63, 3.8) is 0 Å². The van der Waals surface area contributed by atoms with Crippen molar-refractivity contribution in [1.29, 1.82) is 0 Å². The third-order valence-electron chi connectivity index (χ3n) is 2.13. The van der Waals surface area contributed by atoms with Gasteiger partial charge in [0.25, 0.3) is 0 Å². The van der Waals surface area contributed by atoms with E-state index in [4.69, 9.17) is 0 Å². The van der Waals surface area contributed by atoms with Gasteiger partial charge in [0, 0.05) is 17.3 Å². The minimum atomic E-state index is 1.22. The highest BCUT2D eigenvalue weighted by atomic mass is 15.0. The number of nitrogens with one attached hydrogen (secondary N) is 1. The molecule has 0 saturated carbocycles. The summed E-state index contributed by atoms with van der Waals surface area (Å²) in [6, 6.07) is 0. The standard InChI is InChI=1S/C9H6N2/c1-2-6-7(3-1)9-8(6)4-10-5-11-9/h1-5H,(H,10,11). The molecule has 2 nitrogen and oxygen atoms in total. The Bertz CT molecular complexity index is 378. The first-order valence-electron chi connectivity index (χ1n) is 3.59. The Labute approximate surface area is 64.3 Å². The molecule has 0 aromatic carbocycles. The molecular formula is C9H6N2. The van der Waals surface area contributed by atoms with Crippen LogP contribution >= 0.6 is 0 Å². The third-order valence-corrected chi connectivity index (χ3v) is 2.13. The van der Waals surface area contributed by atoms with Gasteiger partial charge in [-0.2, -0.15) is 0 Å². The van der Waals surface area contributed by atoms with Crippen LogP contribution in [0.1, 0.15) is 0 Å². The molecule has 52 valence electrons. The fourth-order valence-electron chi connectivity index (χ4n) is 1.59. The van der Waals surface area contributed by atoms with E-state index in [1.165, 1.54) is 22.4 Å². The molecule has 0 unspecified atom stereocenters. The summed E-state index contributed by atoms with van der Waals surface area (Å²) in [7, 11) is 0. The lowest BCUT2D eigenvalue weighted by molar-refractivity contribution is 1.04. The normalized spacial score (nSPS) is 23.3.